The summed E-state index contributed by atoms with van der Waals surface area (Å²) < 4.78 is 39.5. The molecular weight excluding hydrogens is 2360 g/mol. The fraction of sp³-hybridized carbons (Fsp3) is 0.407. The summed E-state index contributed by atoms with van der Waals surface area (Å²) in [7, 11) is 19.4. The second kappa shape index (κ2) is 69.1. The third-order valence-corrected chi connectivity index (χ3v) is 27.6. The van der Waals surface area contributed by atoms with Crippen LogP contribution in [0.15, 0.2) is 270 Å². The largest absolute Gasteiger partial charge is 1.00 e. The highest BCUT2D eigenvalue weighted by Gasteiger charge is 2.21. The van der Waals surface area contributed by atoms with E-state index < -0.39 is 15.2 Å². The Morgan fingerprint density at radius 2 is 0.669 bits per heavy atom. The molecule has 6 heterocycles. The number of alkyl halides is 5. The number of thiazole rings is 6. The molecule has 45 heteroatoms. The molecule has 0 amide bonds. The summed E-state index contributed by atoms with van der Waals surface area (Å²) in [6.45, 7) is 15.1. The molecule has 0 saturated heterocycles. The van der Waals surface area contributed by atoms with Gasteiger partial charge in [-0.2, -0.15) is 0 Å². The van der Waals surface area contributed by atoms with Crippen molar-refractivity contribution in [3.05, 3.63) is 209 Å². The smallest absolute Gasteiger partial charge is 0.408 e. The van der Waals surface area contributed by atoms with Crippen molar-refractivity contribution < 1.29 is 84.7 Å². The Hall–Kier alpha value is -6.89. The number of rotatable bonds is 45. The summed E-state index contributed by atoms with van der Waals surface area (Å²) in [5.74, 6) is 0.915. The predicted octanol–water partition coefficient (Wildman–Crippen LogP) is 19.7. The lowest BCUT2D eigenvalue weighted by molar-refractivity contribution is -0.686. The van der Waals surface area contributed by atoms with E-state index >= 15 is 0 Å². The topological polar surface area (TPSA) is 275 Å². The first-order valence-corrected chi connectivity index (χ1v) is 55.9. The number of azo groups is 6. The number of aryl methyl sites for hydroxylation is 5. The van der Waals surface area contributed by atoms with Crippen LogP contribution in [0, 0.1) is 0 Å². The van der Waals surface area contributed by atoms with Gasteiger partial charge in [0.25, 0.3) is 0 Å². The lowest BCUT2D eigenvalue weighted by Gasteiger charge is -2.23. The van der Waals surface area contributed by atoms with Gasteiger partial charge in [-0.3, -0.25) is 0 Å². The number of nitrogens with zero attached hydrogens (tertiary/aromatic N) is 24. The lowest BCUT2D eigenvalue weighted by atomic mass is 10.2. The maximum absolute atomic E-state index is 10.9. The Morgan fingerprint density at radius 1 is 0.390 bits per heavy atom. The Labute approximate surface area is 900 Å². The molecule has 1 atom stereocenters. The van der Waals surface area contributed by atoms with Crippen molar-refractivity contribution in [2.75, 3.05) is 159 Å². The van der Waals surface area contributed by atoms with Crippen LogP contribution < -0.4 is 95.5 Å². The molecule has 0 radical (unpaired) electrons. The number of aromatic nitrogens is 6. The fourth-order valence-corrected chi connectivity index (χ4v) is 18.1. The summed E-state index contributed by atoms with van der Waals surface area (Å²) in [6.07, 6.45) is 18.0. The zero-order valence-corrected chi connectivity index (χ0v) is 96.9. The zero-order valence-electron chi connectivity index (χ0n) is 78.4. The monoisotopic (exact) mass is 2480 g/mol. The highest BCUT2D eigenvalue weighted by atomic mass is 79.9. The van der Waals surface area contributed by atoms with Gasteiger partial charge in [-0.05, 0) is 291 Å². The first-order valence-electron chi connectivity index (χ1n) is 43.1. The third kappa shape index (κ3) is 44.9. The van der Waals surface area contributed by atoms with Gasteiger partial charge in [0.2, 0.25) is 9.05 Å². The van der Waals surface area contributed by atoms with Gasteiger partial charge in [-0.15, -0.1) is 28.6 Å². The van der Waals surface area contributed by atoms with Crippen LogP contribution in [-0.4, -0.2) is 154 Å². The molecule has 2 N–H and O–H groups in total. The van der Waals surface area contributed by atoms with E-state index in [0.29, 0.717) is 32.5 Å². The van der Waals surface area contributed by atoms with Gasteiger partial charge < -0.3 is 78.3 Å². The summed E-state index contributed by atoms with van der Waals surface area (Å²) in [5, 5.41) is 91.7. The van der Waals surface area contributed by atoms with E-state index in [1.807, 2.05) is 265 Å². The Bertz CT molecular complexity index is 5580. The minimum absolute atomic E-state index is 0. The Balaban J connectivity index is 0.000000340. The maximum atomic E-state index is 10.9. The summed E-state index contributed by atoms with van der Waals surface area (Å²) in [6, 6.07) is 45.8. The van der Waals surface area contributed by atoms with Gasteiger partial charge in [0, 0.05) is 187 Å². The van der Waals surface area contributed by atoms with Gasteiger partial charge in [0.1, 0.15) is 78.3 Å². The molecule has 0 saturated carbocycles. The standard InChI is InChI=1S/C17H24BrN4OS.C16H22BrN4S.C15H20BrN4OS.C15H20ClN4O2S2.C14H18BrN4S.C14H18ClN4OS.3BrH/c1-2-9-21(11-13-23)16-6-4-15(5-7-16)19-20-17-22(10-3-8-18)12-14-24-17;1-3-20(4-2)15-8-6-14(7-9-15)18-19-16-21(11-5-10-17)12-13-22-16;1-19(2)12-5-6-13(14(11-12)21-3)17-18-15-20(8-4-7-16)9-10-22-15;1-19(2)14-7-5-13(6-8-14)17-18-15-20(10-11-23-15)9-3-4-12-24(16,21)22;1-18(2)13-6-4-12(5-7-13)16-17-14-19(9-3-8-15)10-11-20-14;1-18(2)12-5-3-11(4-6-12)16-17-14-19(7-8-21-14)10-13(20)9-15;;;/h4-7,12,14,23H,2-3,8-11,13H2,1H3;6-9,12-13H,3-5,10-11H2,1-2H3;5-6,9-11H,4,7-8H2,1-3H3;5-8,10-11H,3-4,9,12H2,1-2H3;4-7,10-11H,3,8-9H2,1-2H3;3-8,13,20H,9-10H2,1-2H3;3*1H/q6*+1;;;/p-2. The van der Waals surface area contributed by atoms with Crippen LogP contribution in [0.25, 0.3) is 0 Å². The predicted molar refractivity (Wildman–Crippen MR) is 577 cm³/mol. The molecule has 0 fully saturated rings. The molecular formula is C91H123Br7Cl2N24O5S7+4. The molecule has 6 aromatic heterocycles. The van der Waals surface area contributed by atoms with Crippen LogP contribution in [0.4, 0.5) is 99.0 Å². The van der Waals surface area contributed by atoms with Crippen molar-refractivity contribution >= 4 is 279 Å². The van der Waals surface area contributed by atoms with Crippen molar-refractivity contribution in [1.82, 2.24) is 0 Å². The van der Waals surface area contributed by atoms with Gasteiger partial charge in [-0.1, -0.05) is 70.6 Å². The molecule has 1 unspecified atom stereocenters. The van der Waals surface area contributed by atoms with Gasteiger partial charge in [0.05, 0.1) is 88.8 Å². The average Bonchev–Trinajstić information content (AvgIpc) is 1.42. The van der Waals surface area contributed by atoms with Crippen molar-refractivity contribution in [2.24, 2.45) is 61.4 Å². The van der Waals surface area contributed by atoms with Crippen LogP contribution in [-0.2, 0) is 48.3 Å². The molecule has 0 aliphatic carbocycles. The van der Waals surface area contributed by atoms with E-state index in [1.54, 1.807) is 52.5 Å². The Morgan fingerprint density at radius 3 is 0.941 bits per heavy atom. The number of hydrogen-bond donors (Lipinski definition) is 2. The van der Waals surface area contributed by atoms with Gasteiger partial charge in [0.15, 0.2) is 11.4 Å². The second-order valence-electron chi connectivity index (χ2n) is 29.8. The lowest BCUT2D eigenvalue weighted by Crippen LogP contribution is -3.00. The summed E-state index contributed by atoms with van der Waals surface area (Å²) >= 11 is 28.8. The number of aliphatic hydroxyl groups is 2. The number of ether oxygens (including phenoxy) is 1. The molecule has 12 rings (SSSR count). The van der Waals surface area contributed by atoms with E-state index in [9.17, 15) is 18.6 Å². The molecule has 0 bridgehead atoms. The van der Waals surface area contributed by atoms with Crippen LogP contribution in [0.3, 0.4) is 0 Å². The number of aliphatic hydroxyl groups excluding tert-OH is 2. The number of unbranched alkanes of at least 4 members (excludes halogenated alkanes) is 1. The van der Waals surface area contributed by atoms with Gasteiger partial charge in [-0.25, -0.2) is 35.8 Å². The molecule has 0 aliphatic heterocycles. The number of benzene rings is 6. The number of halogens is 9. The number of methoxy groups -OCH3 is 1. The van der Waals surface area contributed by atoms with Gasteiger partial charge >= 0.3 is 30.8 Å². The molecule has 136 heavy (non-hydrogen) atoms. The van der Waals surface area contributed by atoms with E-state index in [0.717, 1.165) is 198 Å². The number of anilines is 6. The molecule has 29 nitrogen and oxygen atoms in total. The highest BCUT2D eigenvalue weighted by molar-refractivity contribution is 9.09. The first-order chi connectivity index (χ1) is 64.4. The Kier molecular flexibility index (Phi) is 61.7. The van der Waals surface area contributed by atoms with Crippen LogP contribution >= 0.6 is 171 Å². The summed E-state index contributed by atoms with van der Waals surface area (Å²) in [4.78, 5) is 12.6. The number of hydrogen-bond acceptors (Lipinski definition) is 29. The maximum Gasteiger partial charge on any atom is 0.408 e. The molecule has 738 valence electrons. The minimum atomic E-state index is -3.41. The van der Waals surface area contributed by atoms with Crippen LogP contribution in [0.1, 0.15) is 65.7 Å². The van der Waals surface area contributed by atoms with Crippen molar-refractivity contribution in [3.63, 3.8) is 0 Å². The van der Waals surface area contributed by atoms with Crippen molar-refractivity contribution in [3.8, 4) is 5.75 Å². The fourth-order valence-electron chi connectivity index (χ4n) is 11.9. The van der Waals surface area contributed by atoms with Crippen LogP contribution in [0.2, 0.25) is 0 Å². The summed E-state index contributed by atoms with van der Waals surface area (Å²) in [5.41, 5.74) is 11.7. The van der Waals surface area contributed by atoms with Crippen molar-refractivity contribution in [1.29, 1.82) is 0 Å². The quantitative estimate of drug-likeness (QED) is 0.0119. The molecule has 6 aromatic carbocycles. The van der Waals surface area contributed by atoms with E-state index in [1.165, 1.54) is 28.4 Å². The molecule has 12 aromatic rings. The third-order valence-electron chi connectivity index (χ3n) is 19.0. The van der Waals surface area contributed by atoms with Crippen molar-refractivity contribution in [2.45, 2.75) is 111 Å². The minimum Gasteiger partial charge on any atom is -1.00 e. The second-order valence-corrected chi connectivity index (χ2v) is 41.4. The van der Waals surface area contributed by atoms with E-state index in [2.05, 4.69) is 203 Å². The first kappa shape index (κ1) is 121. The molecule has 0 spiro atoms. The van der Waals surface area contributed by atoms with E-state index in [4.69, 9.17) is 27.0 Å². The zero-order chi connectivity index (χ0) is 96.1. The highest BCUT2D eigenvalue weighted by Crippen LogP contribution is 2.34. The SMILES string of the molecule is Br.CCCN(CCO)c1ccc(N=Nc2scc[n+]2CCCBr)cc1.CCN(CC)c1ccc(N=Nc2scc[n+]2CCCBr)cc1.CN(C)c1ccc(N=Nc2scc[n+]2CC(O)CCl)cc1.CN(C)c1ccc(N=Nc2scc[n+]2CCCBr)cc1.CN(C)c1ccc(N=Nc2scc[n+]2CCCCS(=O)(=O)Cl)cc1.COc1cc(N(C)C)ccc1N=Nc1scc[n+]1CCCBr.[Br-].[Br-]. The van der Waals surface area contributed by atoms with Crippen LogP contribution in [0.5, 0.6) is 5.75 Å². The van der Waals surface area contributed by atoms with E-state index in [-0.39, 0.29) is 69.2 Å². The normalized spacial score (nSPS) is 11.3. The average molecular weight is 2490 g/mol. The molecule has 0 aliphatic rings.